The molecule has 5 heteroatoms. The number of nitriles is 1. The molecule has 1 rings (SSSR count). The summed E-state index contributed by atoms with van der Waals surface area (Å²) in [6.45, 7) is 0. The summed E-state index contributed by atoms with van der Waals surface area (Å²) in [5.41, 5.74) is 0.418. The number of nitrogens with zero attached hydrogens (tertiary/aromatic N) is 1. The van der Waals surface area contributed by atoms with Crippen molar-refractivity contribution < 1.29 is 4.79 Å². The van der Waals surface area contributed by atoms with E-state index in [4.69, 9.17) is 16.9 Å². The quantitative estimate of drug-likeness (QED) is 0.535. The van der Waals surface area contributed by atoms with Gasteiger partial charge in [0.2, 0.25) is 0 Å². The Kier molecular flexibility index (Phi) is 2.47. The highest BCUT2D eigenvalue weighted by Gasteiger charge is 2.05. The molecule has 0 bridgehead atoms. The molecular weight excluding hydrogens is 184 g/mol. The fourth-order valence-electron chi connectivity index (χ4n) is 0.552. The minimum atomic E-state index is -0.421. The number of hydrogen-bond donors (Lipinski definition) is 1. The van der Waals surface area contributed by atoms with Gasteiger partial charge < -0.3 is 0 Å². The molecule has 1 aromatic heterocycles. The number of rotatable bonds is 1. The molecule has 0 fully saturated rings. The molecule has 1 heterocycles. The van der Waals surface area contributed by atoms with Crippen LogP contribution in [0.25, 0.3) is 0 Å². The monoisotopic (exact) mass is 186 g/mol. The zero-order chi connectivity index (χ0) is 8.27. The third-order valence-electron chi connectivity index (χ3n) is 0.999. The molecule has 0 aromatic carbocycles. The molecule has 0 saturated heterocycles. The summed E-state index contributed by atoms with van der Waals surface area (Å²) >= 11 is 6.81. The Morgan fingerprint density at radius 1 is 1.82 bits per heavy atom. The number of nitrogens with one attached hydrogen (secondary N) is 1. The van der Waals surface area contributed by atoms with Crippen LogP contribution in [0.5, 0.6) is 0 Å². The van der Waals surface area contributed by atoms with Crippen LogP contribution in [-0.4, -0.2) is 5.91 Å². The van der Waals surface area contributed by atoms with Crippen LogP contribution in [-0.2, 0) is 0 Å². The van der Waals surface area contributed by atoms with E-state index in [0.717, 1.165) is 0 Å². The zero-order valence-corrected chi connectivity index (χ0v) is 6.87. The van der Waals surface area contributed by atoms with Gasteiger partial charge in [-0.05, 0) is 6.07 Å². The van der Waals surface area contributed by atoms with Gasteiger partial charge in [-0.1, -0.05) is 11.6 Å². The maximum Gasteiger partial charge on any atom is 0.265 e. The number of thiophene rings is 1. The molecule has 11 heavy (non-hydrogen) atoms. The number of carbonyl (C=O) groups is 1. The van der Waals surface area contributed by atoms with E-state index in [1.807, 2.05) is 5.32 Å². The van der Waals surface area contributed by atoms with Crippen LogP contribution in [0, 0.1) is 11.5 Å². The van der Waals surface area contributed by atoms with Crippen molar-refractivity contribution in [1.29, 1.82) is 5.26 Å². The van der Waals surface area contributed by atoms with Crippen molar-refractivity contribution in [3.05, 3.63) is 21.3 Å². The van der Waals surface area contributed by atoms with E-state index >= 15 is 0 Å². The van der Waals surface area contributed by atoms with E-state index in [1.165, 1.54) is 23.6 Å². The number of amides is 1. The van der Waals surface area contributed by atoms with Crippen molar-refractivity contribution in [1.82, 2.24) is 5.32 Å². The summed E-state index contributed by atoms with van der Waals surface area (Å²) in [4.78, 5) is 10.9. The minimum Gasteiger partial charge on any atom is -0.268 e. The Hall–Kier alpha value is -1.05. The van der Waals surface area contributed by atoms with Gasteiger partial charge in [0.1, 0.15) is 0 Å². The van der Waals surface area contributed by atoms with Crippen molar-refractivity contribution in [2.24, 2.45) is 0 Å². The third-order valence-corrected chi connectivity index (χ3v) is 2.09. The summed E-state index contributed by atoms with van der Waals surface area (Å²) < 4.78 is 0.535. The van der Waals surface area contributed by atoms with Gasteiger partial charge in [-0.25, -0.2) is 0 Å². The van der Waals surface area contributed by atoms with Crippen LogP contribution in [0.3, 0.4) is 0 Å². The Bertz CT molecular complexity index is 315. The molecule has 0 aliphatic carbocycles. The Morgan fingerprint density at radius 3 is 3.00 bits per heavy atom. The van der Waals surface area contributed by atoms with Crippen molar-refractivity contribution in [3.63, 3.8) is 0 Å². The number of hydrogen-bond acceptors (Lipinski definition) is 3. The maximum atomic E-state index is 10.9. The van der Waals surface area contributed by atoms with Gasteiger partial charge in [0, 0.05) is 5.38 Å². The lowest BCUT2D eigenvalue weighted by atomic mass is 10.3. The number of carbonyl (C=O) groups excluding carboxylic acids is 1. The van der Waals surface area contributed by atoms with Crippen molar-refractivity contribution in [2.75, 3.05) is 0 Å². The second kappa shape index (κ2) is 3.37. The average molecular weight is 187 g/mol. The zero-order valence-electron chi connectivity index (χ0n) is 5.30. The second-order valence-electron chi connectivity index (χ2n) is 1.71. The molecular formula is C6H3ClN2OS. The first-order valence-electron chi connectivity index (χ1n) is 2.67. The summed E-state index contributed by atoms with van der Waals surface area (Å²) in [6, 6.07) is 1.51. The smallest absolute Gasteiger partial charge is 0.265 e. The molecule has 0 aliphatic rings. The molecule has 1 aromatic rings. The molecule has 0 atom stereocenters. The molecule has 1 N–H and O–H groups in total. The molecule has 0 spiro atoms. The Morgan fingerprint density at radius 2 is 2.55 bits per heavy atom. The van der Waals surface area contributed by atoms with Crippen molar-refractivity contribution >= 4 is 28.8 Å². The van der Waals surface area contributed by atoms with E-state index in [0.29, 0.717) is 9.90 Å². The molecule has 1 amide bonds. The SMILES string of the molecule is N#CNC(=O)c1csc(Cl)c1. The molecule has 0 radical (unpaired) electrons. The molecule has 0 aliphatic heterocycles. The van der Waals surface area contributed by atoms with Gasteiger partial charge in [0.05, 0.1) is 9.90 Å². The van der Waals surface area contributed by atoms with Crippen LogP contribution in [0.4, 0.5) is 0 Å². The minimum absolute atomic E-state index is 0.418. The van der Waals surface area contributed by atoms with E-state index in [1.54, 1.807) is 5.38 Å². The maximum absolute atomic E-state index is 10.9. The topological polar surface area (TPSA) is 52.9 Å². The first-order chi connectivity index (χ1) is 5.24. The van der Waals surface area contributed by atoms with Crippen LogP contribution >= 0.6 is 22.9 Å². The molecule has 0 unspecified atom stereocenters. The van der Waals surface area contributed by atoms with E-state index in [9.17, 15) is 4.79 Å². The lowest BCUT2D eigenvalue weighted by Gasteiger charge is -1.88. The van der Waals surface area contributed by atoms with Gasteiger partial charge in [0.15, 0.2) is 6.19 Å². The van der Waals surface area contributed by atoms with E-state index in [2.05, 4.69) is 0 Å². The van der Waals surface area contributed by atoms with Crippen LogP contribution in [0.1, 0.15) is 10.4 Å². The van der Waals surface area contributed by atoms with E-state index < -0.39 is 5.91 Å². The van der Waals surface area contributed by atoms with Gasteiger partial charge in [-0.2, -0.15) is 5.26 Å². The normalized spacial score (nSPS) is 8.73. The summed E-state index contributed by atoms with van der Waals surface area (Å²) in [7, 11) is 0. The summed E-state index contributed by atoms with van der Waals surface area (Å²) in [5.74, 6) is -0.421. The highest BCUT2D eigenvalue weighted by molar-refractivity contribution is 7.14. The first kappa shape index (κ1) is 8.05. The van der Waals surface area contributed by atoms with Crippen molar-refractivity contribution in [2.45, 2.75) is 0 Å². The van der Waals surface area contributed by atoms with Gasteiger partial charge in [-0.15, -0.1) is 11.3 Å². The lowest BCUT2D eigenvalue weighted by molar-refractivity contribution is 0.0973. The summed E-state index contributed by atoms with van der Waals surface area (Å²) in [6.07, 6.45) is 1.54. The Balaban J connectivity index is 2.78. The highest BCUT2D eigenvalue weighted by atomic mass is 35.5. The predicted molar refractivity (Wildman–Crippen MR) is 42.4 cm³/mol. The largest absolute Gasteiger partial charge is 0.268 e. The van der Waals surface area contributed by atoms with Crippen molar-refractivity contribution in [3.8, 4) is 6.19 Å². The molecule has 3 nitrogen and oxygen atoms in total. The average Bonchev–Trinajstić information content (AvgIpc) is 2.36. The van der Waals surface area contributed by atoms with Crippen LogP contribution < -0.4 is 5.32 Å². The van der Waals surface area contributed by atoms with Crippen LogP contribution in [0.15, 0.2) is 11.4 Å². The fraction of sp³-hybridized carbons (Fsp3) is 0. The second-order valence-corrected chi connectivity index (χ2v) is 3.25. The van der Waals surface area contributed by atoms with Crippen LogP contribution in [0.2, 0.25) is 4.34 Å². The molecule has 0 saturated carbocycles. The standard InChI is InChI=1S/C6H3ClN2OS/c7-5-1-4(2-11-5)6(10)9-3-8/h1-2H,(H,9,10). The van der Waals surface area contributed by atoms with Gasteiger partial charge >= 0.3 is 0 Å². The highest BCUT2D eigenvalue weighted by Crippen LogP contribution is 2.19. The Labute approximate surface area is 72.2 Å². The fourth-order valence-corrected chi connectivity index (χ4v) is 1.41. The number of halogens is 1. The van der Waals surface area contributed by atoms with E-state index in [-0.39, 0.29) is 0 Å². The first-order valence-corrected chi connectivity index (χ1v) is 3.93. The van der Waals surface area contributed by atoms with Gasteiger partial charge in [0.25, 0.3) is 5.91 Å². The lowest BCUT2D eigenvalue weighted by Crippen LogP contribution is -2.16. The summed E-state index contributed by atoms with van der Waals surface area (Å²) in [5, 5.41) is 11.7. The predicted octanol–water partition coefficient (Wildman–Crippen LogP) is 1.61. The van der Waals surface area contributed by atoms with Gasteiger partial charge in [-0.3, -0.25) is 10.1 Å². The third kappa shape index (κ3) is 1.93. The molecule has 56 valence electrons.